The molecule has 2 nitrogen and oxygen atoms in total. The lowest BCUT2D eigenvalue weighted by molar-refractivity contribution is 0.288. The van der Waals surface area contributed by atoms with Gasteiger partial charge in [0.05, 0.1) is 6.07 Å². The Morgan fingerprint density at radius 1 is 1.38 bits per heavy atom. The predicted octanol–water partition coefficient (Wildman–Crippen LogP) is 2.79. The van der Waals surface area contributed by atoms with Gasteiger partial charge in [-0.2, -0.15) is 5.26 Å². The average Bonchev–Trinajstić information content (AvgIpc) is 2.78. The van der Waals surface area contributed by atoms with Crippen LogP contribution >= 0.6 is 0 Å². The number of halogens is 1. The zero-order valence-corrected chi connectivity index (χ0v) is 9.41. The van der Waals surface area contributed by atoms with Crippen molar-refractivity contribution < 1.29 is 4.39 Å². The highest BCUT2D eigenvalue weighted by Crippen LogP contribution is 2.27. The zero-order valence-electron chi connectivity index (χ0n) is 9.41. The van der Waals surface area contributed by atoms with Crippen LogP contribution in [-0.2, 0) is 0 Å². The number of likely N-dealkylation sites (tertiary alicyclic amines) is 1. The summed E-state index contributed by atoms with van der Waals surface area (Å²) in [6, 6.07) is 6.75. The van der Waals surface area contributed by atoms with E-state index < -0.39 is 6.04 Å². The van der Waals surface area contributed by atoms with E-state index in [1.807, 2.05) is 6.92 Å². The second kappa shape index (κ2) is 4.63. The lowest BCUT2D eigenvalue weighted by atomic mass is 10.0. The molecule has 16 heavy (non-hydrogen) atoms. The fourth-order valence-electron chi connectivity index (χ4n) is 2.22. The van der Waals surface area contributed by atoms with Crippen molar-refractivity contribution in [3.8, 4) is 6.07 Å². The summed E-state index contributed by atoms with van der Waals surface area (Å²) in [6.07, 6.45) is 2.21. The first-order valence-corrected chi connectivity index (χ1v) is 5.62. The van der Waals surface area contributed by atoms with Gasteiger partial charge in [-0.05, 0) is 38.9 Å². The summed E-state index contributed by atoms with van der Waals surface area (Å²) in [5, 5.41) is 9.20. The molecule has 0 N–H and O–H groups in total. The minimum atomic E-state index is -0.428. The van der Waals surface area contributed by atoms with Crippen LogP contribution in [0.5, 0.6) is 0 Å². The number of aryl methyl sites for hydroxylation is 1. The average molecular weight is 218 g/mol. The highest BCUT2D eigenvalue weighted by Gasteiger charge is 2.25. The number of hydrogen-bond acceptors (Lipinski definition) is 2. The van der Waals surface area contributed by atoms with Gasteiger partial charge in [0.25, 0.3) is 0 Å². The Morgan fingerprint density at radius 3 is 2.69 bits per heavy atom. The van der Waals surface area contributed by atoms with E-state index in [2.05, 4.69) is 11.0 Å². The lowest BCUT2D eigenvalue weighted by Crippen LogP contribution is -2.25. The molecule has 1 aromatic rings. The largest absolute Gasteiger partial charge is 0.284 e. The van der Waals surface area contributed by atoms with Gasteiger partial charge in [0, 0.05) is 5.56 Å². The third-order valence-electron chi connectivity index (χ3n) is 3.07. The molecule has 0 radical (unpaired) electrons. The minimum absolute atomic E-state index is 0.274. The molecule has 1 aromatic carbocycles. The fraction of sp³-hybridized carbons (Fsp3) is 0.462. The zero-order chi connectivity index (χ0) is 11.5. The van der Waals surface area contributed by atoms with E-state index in [-0.39, 0.29) is 5.82 Å². The maximum atomic E-state index is 13.7. The van der Waals surface area contributed by atoms with Crippen LogP contribution in [0.4, 0.5) is 4.39 Å². The molecule has 0 saturated carbocycles. The molecular weight excluding hydrogens is 203 g/mol. The van der Waals surface area contributed by atoms with Gasteiger partial charge in [0.15, 0.2) is 0 Å². The van der Waals surface area contributed by atoms with Crippen LogP contribution in [0, 0.1) is 24.1 Å². The molecule has 1 aliphatic rings. The van der Waals surface area contributed by atoms with Crippen molar-refractivity contribution in [3.05, 3.63) is 35.1 Å². The molecule has 1 saturated heterocycles. The summed E-state index contributed by atoms with van der Waals surface area (Å²) in [4.78, 5) is 2.05. The van der Waals surface area contributed by atoms with Crippen LogP contribution in [-0.4, -0.2) is 18.0 Å². The normalized spacial score (nSPS) is 18.3. The second-order valence-corrected chi connectivity index (χ2v) is 4.30. The Bertz CT molecular complexity index is 416. The van der Waals surface area contributed by atoms with Crippen molar-refractivity contribution in [2.24, 2.45) is 0 Å². The SMILES string of the molecule is Cc1ccc(F)c(C(C#N)N2CCCC2)c1. The lowest BCUT2D eigenvalue weighted by Gasteiger charge is -2.22. The van der Waals surface area contributed by atoms with Crippen LogP contribution in [0.25, 0.3) is 0 Å². The molecule has 0 bridgehead atoms. The van der Waals surface area contributed by atoms with Crippen molar-refractivity contribution in [2.45, 2.75) is 25.8 Å². The molecule has 1 aliphatic heterocycles. The Balaban J connectivity index is 2.32. The first-order chi connectivity index (χ1) is 7.72. The predicted molar refractivity (Wildman–Crippen MR) is 60.3 cm³/mol. The molecule has 1 fully saturated rings. The van der Waals surface area contributed by atoms with E-state index in [0.29, 0.717) is 5.56 Å². The van der Waals surface area contributed by atoms with Gasteiger partial charge in [0.2, 0.25) is 0 Å². The van der Waals surface area contributed by atoms with Gasteiger partial charge < -0.3 is 0 Å². The Kier molecular flexibility index (Phi) is 3.21. The van der Waals surface area contributed by atoms with Crippen LogP contribution in [0.2, 0.25) is 0 Å². The maximum Gasteiger partial charge on any atom is 0.129 e. The smallest absolute Gasteiger partial charge is 0.129 e. The van der Waals surface area contributed by atoms with E-state index in [9.17, 15) is 9.65 Å². The molecule has 0 amide bonds. The van der Waals surface area contributed by atoms with Gasteiger partial charge in [-0.3, -0.25) is 4.90 Å². The highest BCUT2D eigenvalue weighted by atomic mass is 19.1. The summed E-state index contributed by atoms with van der Waals surface area (Å²) in [6.45, 7) is 3.71. The fourth-order valence-corrected chi connectivity index (χ4v) is 2.22. The summed E-state index contributed by atoms with van der Waals surface area (Å²) in [5.41, 5.74) is 1.51. The first kappa shape index (κ1) is 11.1. The van der Waals surface area contributed by atoms with Crippen molar-refractivity contribution in [3.63, 3.8) is 0 Å². The van der Waals surface area contributed by atoms with Crippen LogP contribution in [0.15, 0.2) is 18.2 Å². The Hall–Kier alpha value is -1.40. The van der Waals surface area contributed by atoms with Gasteiger partial charge in [0.1, 0.15) is 11.9 Å². The van der Waals surface area contributed by atoms with E-state index in [1.165, 1.54) is 6.07 Å². The summed E-state index contributed by atoms with van der Waals surface area (Å²) >= 11 is 0. The third kappa shape index (κ3) is 2.07. The molecule has 0 spiro atoms. The van der Waals surface area contributed by atoms with E-state index in [0.717, 1.165) is 31.5 Å². The standard InChI is InChI=1S/C13H15FN2/c1-10-4-5-12(14)11(8-10)13(9-15)16-6-2-3-7-16/h4-5,8,13H,2-3,6-7H2,1H3. The number of nitriles is 1. The van der Waals surface area contributed by atoms with Gasteiger partial charge >= 0.3 is 0 Å². The Morgan fingerprint density at radius 2 is 2.06 bits per heavy atom. The number of nitrogens with zero attached hydrogens (tertiary/aromatic N) is 2. The van der Waals surface area contributed by atoms with Crippen molar-refractivity contribution in [1.82, 2.24) is 4.90 Å². The maximum absolute atomic E-state index is 13.7. The van der Waals surface area contributed by atoms with Gasteiger partial charge in [-0.25, -0.2) is 4.39 Å². The number of hydrogen-bond donors (Lipinski definition) is 0. The summed E-state index contributed by atoms with van der Waals surface area (Å²) in [7, 11) is 0. The van der Waals surface area contributed by atoms with E-state index >= 15 is 0 Å². The summed E-state index contributed by atoms with van der Waals surface area (Å²) in [5.74, 6) is -0.274. The molecule has 3 heteroatoms. The van der Waals surface area contributed by atoms with E-state index in [4.69, 9.17) is 0 Å². The Labute approximate surface area is 95.3 Å². The van der Waals surface area contributed by atoms with E-state index in [1.54, 1.807) is 12.1 Å². The molecular formula is C13H15FN2. The molecule has 1 heterocycles. The van der Waals surface area contributed by atoms with Crippen molar-refractivity contribution in [2.75, 3.05) is 13.1 Å². The number of rotatable bonds is 2. The van der Waals surface area contributed by atoms with Crippen LogP contribution in [0.1, 0.15) is 30.0 Å². The van der Waals surface area contributed by atoms with Crippen LogP contribution < -0.4 is 0 Å². The summed E-state index contributed by atoms with van der Waals surface area (Å²) < 4.78 is 13.7. The quantitative estimate of drug-likeness (QED) is 0.763. The second-order valence-electron chi connectivity index (χ2n) is 4.30. The molecule has 1 unspecified atom stereocenters. The van der Waals surface area contributed by atoms with Gasteiger partial charge in [-0.1, -0.05) is 17.7 Å². The molecule has 84 valence electrons. The van der Waals surface area contributed by atoms with Crippen molar-refractivity contribution in [1.29, 1.82) is 5.26 Å². The minimum Gasteiger partial charge on any atom is -0.284 e. The van der Waals surface area contributed by atoms with Crippen LogP contribution in [0.3, 0.4) is 0 Å². The third-order valence-corrected chi connectivity index (χ3v) is 3.07. The number of benzene rings is 1. The first-order valence-electron chi connectivity index (χ1n) is 5.62. The highest BCUT2D eigenvalue weighted by molar-refractivity contribution is 5.30. The molecule has 2 rings (SSSR count). The molecule has 0 aromatic heterocycles. The topological polar surface area (TPSA) is 27.0 Å². The molecule has 1 atom stereocenters. The monoisotopic (exact) mass is 218 g/mol. The van der Waals surface area contributed by atoms with Crippen molar-refractivity contribution >= 4 is 0 Å². The molecule has 0 aliphatic carbocycles. The van der Waals surface area contributed by atoms with Gasteiger partial charge in [-0.15, -0.1) is 0 Å².